The molecule has 1 aromatic carbocycles. The van der Waals surface area contributed by atoms with E-state index in [0.717, 1.165) is 13.1 Å². The molecule has 6 nitrogen and oxygen atoms in total. The average molecular weight is 432 g/mol. The van der Waals surface area contributed by atoms with Crippen LogP contribution < -0.4 is 10.4 Å². The number of carbonyl (C=O) groups excluding carboxylic acids is 1. The van der Waals surface area contributed by atoms with E-state index in [-0.39, 0.29) is 11.9 Å². The summed E-state index contributed by atoms with van der Waals surface area (Å²) in [5, 5.41) is 0. The minimum atomic E-state index is -0.575. The Labute approximate surface area is 185 Å². The van der Waals surface area contributed by atoms with Gasteiger partial charge in [0.05, 0.1) is 16.9 Å². The van der Waals surface area contributed by atoms with Gasteiger partial charge in [-0.25, -0.2) is 9.18 Å². The first-order valence-corrected chi connectivity index (χ1v) is 11.1. The highest BCUT2D eigenvalue weighted by Gasteiger charge is 2.52. The van der Waals surface area contributed by atoms with Crippen LogP contribution in [0.3, 0.4) is 0 Å². The van der Waals surface area contributed by atoms with Crippen LogP contribution in [0.1, 0.15) is 48.5 Å². The molecule has 0 bridgehead atoms. The van der Waals surface area contributed by atoms with Crippen molar-refractivity contribution in [3.05, 3.63) is 24.0 Å². The summed E-state index contributed by atoms with van der Waals surface area (Å²) in [4.78, 5) is 16.2. The van der Waals surface area contributed by atoms with Gasteiger partial charge in [-0.2, -0.15) is 0 Å². The molecule has 3 fully saturated rings. The van der Waals surface area contributed by atoms with E-state index < -0.39 is 23.9 Å². The largest absolute Gasteiger partial charge is 0.494 e. The summed E-state index contributed by atoms with van der Waals surface area (Å²) in [6.07, 6.45) is -0.258. The number of carbonyl (C=O) groups is 1. The molecule has 4 rings (SSSR count). The highest BCUT2D eigenvalue weighted by Crippen LogP contribution is 2.38. The fourth-order valence-corrected chi connectivity index (χ4v) is 4.57. The number of hydrogen-bond donors (Lipinski definition) is 0. The molecule has 0 N–H and O–H groups in total. The Morgan fingerprint density at radius 1 is 1.06 bits per heavy atom. The molecular weight excluding hydrogens is 398 g/mol. The number of likely N-dealkylation sites (tertiary alicyclic amines) is 1. The van der Waals surface area contributed by atoms with Crippen LogP contribution >= 0.6 is 0 Å². The maximum absolute atomic E-state index is 15.1. The van der Waals surface area contributed by atoms with Gasteiger partial charge in [-0.3, -0.25) is 0 Å². The van der Waals surface area contributed by atoms with Crippen LogP contribution in [-0.2, 0) is 14.0 Å². The lowest BCUT2D eigenvalue weighted by atomic mass is 9.79. The van der Waals surface area contributed by atoms with Crippen molar-refractivity contribution in [2.24, 2.45) is 11.8 Å². The van der Waals surface area contributed by atoms with E-state index in [1.54, 1.807) is 4.90 Å². The summed E-state index contributed by atoms with van der Waals surface area (Å²) in [6, 6.07) is 5.24. The number of fused-ring (bicyclic) bond motifs is 1. The topological polar surface area (TPSA) is 51.2 Å². The van der Waals surface area contributed by atoms with Crippen molar-refractivity contribution in [1.29, 1.82) is 0 Å². The van der Waals surface area contributed by atoms with Gasteiger partial charge in [0.2, 0.25) is 0 Å². The molecule has 2 unspecified atom stereocenters. The highest BCUT2D eigenvalue weighted by atomic mass is 19.1. The highest BCUT2D eigenvalue weighted by molar-refractivity contribution is 6.62. The Morgan fingerprint density at radius 3 is 2.10 bits per heavy atom. The summed E-state index contributed by atoms with van der Waals surface area (Å²) in [7, 11) is -0.575. The smallest absolute Gasteiger partial charge is 0.444 e. The molecule has 170 valence electrons. The molecule has 0 saturated carbocycles. The van der Waals surface area contributed by atoms with Crippen LogP contribution in [0.5, 0.6) is 0 Å². The van der Waals surface area contributed by atoms with Crippen molar-refractivity contribution < 1.29 is 23.2 Å². The fourth-order valence-electron chi connectivity index (χ4n) is 4.57. The molecule has 2 atom stereocenters. The molecule has 8 heteroatoms. The van der Waals surface area contributed by atoms with E-state index >= 15 is 4.39 Å². The lowest BCUT2D eigenvalue weighted by Crippen LogP contribution is -2.41. The van der Waals surface area contributed by atoms with Crippen LogP contribution in [0.4, 0.5) is 14.9 Å². The lowest BCUT2D eigenvalue weighted by Gasteiger charge is -2.32. The molecular formula is C23H34BFN2O4. The molecule has 3 heterocycles. The second kappa shape index (κ2) is 7.37. The Balaban J connectivity index is 1.40. The van der Waals surface area contributed by atoms with Gasteiger partial charge in [0.25, 0.3) is 0 Å². The minimum absolute atomic E-state index is 0.258. The van der Waals surface area contributed by atoms with E-state index in [0.29, 0.717) is 36.1 Å². The molecule has 1 aromatic rings. The van der Waals surface area contributed by atoms with Gasteiger partial charge >= 0.3 is 13.2 Å². The number of hydrogen-bond acceptors (Lipinski definition) is 5. The van der Waals surface area contributed by atoms with Crippen molar-refractivity contribution >= 4 is 24.4 Å². The molecule has 1 amide bonds. The van der Waals surface area contributed by atoms with E-state index in [1.165, 1.54) is 6.07 Å². The first kappa shape index (κ1) is 22.4. The average Bonchev–Trinajstić information content (AvgIpc) is 3.23. The third-order valence-electron chi connectivity index (χ3n) is 6.98. The van der Waals surface area contributed by atoms with Gasteiger partial charge in [0.1, 0.15) is 11.4 Å². The molecule has 3 aliphatic rings. The van der Waals surface area contributed by atoms with Crippen molar-refractivity contribution in [1.82, 2.24) is 4.90 Å². The second-order valence-corrected chi connectivity index (χ2v) is 11.1. The SMILES string of the molecule is CC(C)(C)OC(=O)N1CC2CN(c3ccc(B4OC(C)(C)C(C)(C)O4)cc3F)CC2C1. The van der Waals surface area contributed by atoms with Crippen molar-refractivity contribution in [2.45, 2.75) is 65.3 Å². The number of rotatable bonds is 2. The van der Waals surface area contributed by atoms with Gasteiger partial charge < -0.3 is 23.8 Å². The summed E-state index contributed by atoms with van der Waals surface area (Å²) in [5.41, 5.74) is -0.129. The van der Waals surface area contributed by atoms with Gasteiger partial charge in [-0.15, -0.1) is 0 Å². The molecule has 0 spiro atoms. The Kier molecular flexibility index (Phi) is 5.33. The van der Waals surface area contributed by atoms with Crippen LogP contribution in [0.15, 0.2) is 18.2 Å². The molecule has 3 saturated heterocycles. The summed E-state index contributed by atoms with van der Waals surface area (Å²) in [5.74, 6) is 0.389. The monoisotopic (exact) mass is 432 g/mol. The third-order valence-corrected chi connectivity index (χ3v) is 6.98. The van der Waals surface area contributed by atoms with Crippen molar-refractivity contribution in [2.75, 3.05) is 31.1 Å². The second-order valence-electron chi connectivity index (χ2n) is 11.1. The van der Waals surface area contributed by atoms with Gasteiger partial charge in [-0.1, -0.05) is 6.07 Å². The predicted octanol–water partition coefficient (Wildman–Crippen LogP) is 3.43. The van der Waals surface area contributed by atoms with E-state index in [1.807, 2.05) is 60.6 Å². The number of amides is 1. The Hall–Kier alpha value is -1.80. The van der Waals surface area contributed by atoms with E-state index in [9.17, 15) is 4.79 Å². The summed E-state index contributed by atoms with van der Waals surface area (Å²) < 4.78 is 32.7. The summed E-state index contributed by atoms with van der Waals surface area (Å²) >= 11 is 0. The van der Waals surface area contributed by atoms with Gasteiger partial charge in [-0.05, 0) is 66.1 Å². The predicted molar refractivity (Wildman–Crippen MR) is 119 cm³/mol. The van der Waals surface area contributed by atoms with Crippen LogP contribution in [0.2, 0.25) is 0 Å². The van der Waals surface area contributed by atoms with Crippen molar-refractivity contribution in [3.8, 4) is 0 Å². The van der Waals surface area contributed by atoms with Crippen LogP contribution in [0.25, 0.3) is 0 Å². The molecule has 0 aliphatic carbocycles. The first-order valence-electron chi connectivity index (χ1n) is 11.1. The number of halogens is 1. The van der Waals surface area contributed by atoms with E-state index in [4.69, 9.17) is 14.0 Å². The molecule has 31 heavy (non-hydrogen) atoms. The lowest BCUT2D eigenvalue weighted by molar-refractivity contribution is 0.00578. The fraction of sp³-hybridized carbons (Fsp3) is 0.696. The number of ether oxygens (including phenoxy) is 1. The molecule has 0 aromatic heterocycles. The molecule has 3 aliphatic heterocycles. The minimum Gasteiger partial charge on any atom is -0.444 e. The Morgan fingerprint density at radius 2 is 1.61 bits per heavy atom. The van der Waals surface area contributed by atoms with E-state index in [2.05, 4.69) is 4.90 Å². The van der Waals surface area contributed by atoms with Gasteiger partial charge in [0, 0.05) is 38.0 Å². The van der Waals surface area contributed by atoms with Crippen LogP contribution in [-0.4, -0.2) is 61.1 Å². The quantitative estimate of drug-likeness (QED) is 0.671. The normalized spacial score (nSPS) is 27.0. The zero-order valence-corrected chi connectivity index (χ0v) is 19.7. The third kappa shape index (κ3) is 4.29. The molecule has 0 radical (unpaired) electrons. The maximum Gasteiger partial charge on any atom is 0.494 e. The zero-order valence-electron chi connectivity index (χ0n) is 19.7. The van der Waals surface area contributed by atoms with Crippen LogP contribution in [0, 0.1) is 17.7 Å². The van der Waals surface area contributed by atoms with Gasteiger partial charge in [0.15, 0.2) is 0 Å². The number of nitrogens with zero attached hydrogens (tertiary/aromatic N) is 2. The maximum atomic E-state index is 15.1. The standard InChI is InChI=1S/C23H34BFN2O4/c1-21(2,3)29-20(28)27-13-15-11-26(12-16(15)14-27)19-9-8-17(10-18(19)25)24-30-22(4,5)23(6,7)31-24/h8-10,15-16H,11-14H2,1-7H3. The first-order chi connectivity index (χ1) is 14.3. The summed E-state index contributed by atoms with van der Waals surface area (Å²) in [6.45, 7) is 16.4. The number of anilines is 1. The number of benzene rings is 1. The van der Waals surface area contributed by atoms with Crippen molar-refractivity contribution in [3.63, 3.8) is 0 Å². The Bertz CT molecular complexity index is 840. The zero-order chi connectivity index (χ0) is 22.8.